The molecule has 0 unspecified atom stereocenters. The molecule has 0 amide bonds. The largest absolute Gasteiger partial charge is 0.460 e. The lowest BCUT2D eigenvalue weighted by Crippen LogP contribution is -2.20. The number of aromatic nitrogens is 2. The third-order valence-corrected chi connectivity index (χ3v) is 2.84. The third kappa shape index (κ3) is 1.37. The highest BCUT2D eigenvalue weighted by Crippen LogP contribution is 2.41. The number of imidazole rings is 1. The van der Waals surface area contributed by atoms with Crippen LogP contribution in [0.25, 0.3) is 11.5 Å². The van der Waals surface area contributed by atoms with E-state index in [0.29, 0.717) is 0 Å². The van der Waals surface area contributed by atoms with Gasteiger partial charge in [0.25, 0.3) is 0 Å². The number of nitrogens with zero attached hydrogens (tertiary/aromatic N) is 1. The van der Waals surface area contributed by atoms with Crippen LogP contribution in [0.5, 0.6) is 0 Å². The first-order valence-corrected chi connectivity index (χ1v) is 5.09. The topological polar surface area (TPSA) is 67.8 Å². The lowest BCUT2D eigenvalue weighted by molar-refractivity contribution is 0.546. The lowest BCUT2D eigenvalue weighted by Gasteiger charge is -2.02. The third-order valence-electron chi connectivity index (χ3n) is 2.84. The fourth-order valence-corrected chi connectivity index (χ4v) is 1.65. The normalized spacial score (nSPS) is 18.0. The summed E-state index contributed by atoms with van der Waals surface area (Å²) in [4.78, 5) is 7.51. The van der Waals surface area contributed by atoms with Gasteiger partial charge in [-0.1, -0.05) is 0 Å². The van der Waals surface area contributed by atoms with Gasteiger partial charge < -0.3 is 15.1 Å². The molecule has 2 aromatic rings. The summed E-state index contributed by atoms with van der Waals surface area (Å²) in [6.45, 7) is 1.92. The van der Waals surface area contributed by atoms with Crippen LogP contribution >= 0.6 is 0 Å². The minimum atomic E-state index is -0.208. The monoisotopic (exact) mass is 203 g/mol. The van der Waals surface area contributed by atoms with Gasteiger partial charge in [0.1, 0.15) is 17.3 Å². The Morgan fingerprint density at radius 2 is 2.27 bits per heavy atom. The second-order valence-electron chi connectivity index (χ2n) is 4.21. The van der Waals surface area contributed by atoms with Crippen LogP contribution in [-0.4, -0.2) is 9.97 Å². The maximum atomic E-state index is 6.04. The zero-order valence-corrected chi connectivity index (χ0v) is 8.58. The Bertz CT molecular complexity index is 493. The molecule has 1 saturated carbocycles. The summed E-state index contributed by atoms with van der Waals surface area (Å²) in [7, 11) is 0. The van der Waals surface area contributed by atoms with Gasteiger partial charge in [-0.3, -0.25) is 0 Å². The Morgan fingerprint density at radius 3 is 2.87 bits per heavy atom. The zero-order valence-electron chi connectivity index (χ0n) is 8.58. The van der Waals surface area contributed by atoms with E-state index in [9.17, 15) is 0 Å². The van der Waals surface area contributed by atoms with Gasteiger partial charge in [0, 0.05) is 0 Å². The van der Waals surface area contributed by atoms with Crippen molar-refractivity contribution in [1.82, 2.24) is 9.97 Å². The molecule has 0 aromatic carbocycles. The maximum absolute atomic E-state index is 6.04. The Morgan fingerprint density at radius 1 is 1.47 bits per heavy atom. The first-order valence-electron chi connectivity index (χ1n) is 5.09. The molecule has 1 aliphatic rings. The molecule has 0 radical (unpaired) electrons. The molecular formula is C11H13N3O. The Balaban J connectivity index is 1.97. The SMILES string of the molecule is Cc1ccc(-c2cnc(C3(N)CC3)[nH]2)o1. The summed E-state index contributed by atoms with van der Waals surface area (Å²) in [5.41, 5.74) is 6.73. The number of nitrogens with two attached hydrogens (primary N) is 1. The second kappa shape index (κ2) is 2.73. The molecule has 3 rings (SSSR count). The summed E-state index contributed by atoms with van der Waals surface area (Å²) in [6, 6.07) is 3.87. The fraction of sp³-hybridized carbons (Fsp3) is 0.364. The van der Waals surface area contributed by atoms with Gasteiger partial charge in [-0.25, -0.2) is 4.98 Å². The van der Waals surface area contributed by atoms with E-state index in [1.165, 1.54) is 0 Å². The van der Waals surface area contributed by atoms with Crippen molar-refractivity contribution in [2.75, 3.05) is 0 Å². The molecule has 4 heteroatoms. The summed E-state index contributed by atoms with van der Waals surface area (Å²) >= 11 is 0. The van der Waals surface area contributed by atoms with Gasteiger partial charge in [-0.15, -0.1) is 0 Å². The van der Waals surface area contributed by atoms with Crippen molar-refractivity contribution in [3.05, 3.63) is 29.9 Å². The second-order valence-corrected chi connectivity index (χ2v) is 4.21. The number of H-pyrrole nitrogens is 1. The van der Waals surface area contributed by atoms with Crippen LogP contribution in [0.4, 0.5) is 0 Å². The number of furan rings is 1. The molecule has 2 heterocycles. The summed E-state index contributed by atoms with van der Waals surface area (Å²) < 4.78 is 5.50. The van der Waals surface area contributed by atoms with Gasteiger partial charge in [0.15, 0.2) is 5.76 Å². The summed E-state index contributed by atoms with van der Waals surface area (Å²) in [6.07, 6.45) is 3.80. The van der Waals surface area contributed by atoms with Gasteiger partial charge in [-0.2, -0.15) is 0 Å². The standard InChI is InChI=1S/C11H13N3O/c1-7-2-3-9(15-7)8-6-13-10(14-8)11(12)4-5-11/h2-3,6H,4-5,12H2,1H3,(H,13,14). The fourth-order valence-electron chi connectivity index (χ4n) is 1.65. The molecular weight excluding hydrogens is 190 g/mol. The molecule has 0 saturated heterocycles. The van der Waals surface area contributed by atoms with Crippen molar-refractivity contribution in [2.24, 2.45) is 5.73 Å². The molecule has 1 fully saturated rings. The van der Waals surface area contributed by atoms with E-state index in [2.05, 4.69) is 9.97 Å². The van der Waals surface area contributed by atoms with Crippen LogP contribution in [0.1, 0.15) is 24.4 Å². The molecule has 15 heavy (non-hydrogen) atoms. The predicted octanol–water partition coefficient (Wildman–Crippen LogP) is 1.93. The van der Waals surface area contributed by atoms with Crippen molar-refractivity contribution < 1.29 is 4.42 Å². The summed E-state index contributed by atoms with van der Waals surface area (Å²) in [5, 5.41) is 0. The smallest absolute Gasteiger partial charge is 0.152 e. The highest BCUT2D eigenvalue weighted by Gasteiger charge is 2.42. The van der Waals surface area contributed by atoms with E-state index in [1.54, 1.807) is 6.20 Å². The molecule has 0 bridgehead atoms. The molecule has 0 aliphatic heterocycles. The average molecular weight is 203 g/mol. The number of aromatic amines is 1. The number of nitrogens with one attached hydrogen (secondary N) is 1. The van der Waals surface area contributed by atoms with E-state index in [-0.39, 0.29) is 5.54 Å². The van der Waals surface area contributed by atoms with E-state index >= 15 is 0 Å². The van der Waals surface area contributed by atoms with Crippen molar-refractivity contribution in [3.63, 3.8) is 0 Å². The van der Waals surface area contributed by atoms with E-state index in [0.717, 1.165) is 35.9 Å². The molecule has 78 valence electrons. The van der Waals surface area contributed by atoms with Crippen LogP contribution in [0.3, 0.4) is 0 Å². The van der Waals surface area contributed by atoms with E-state index in [4.69, 9.17) is 10.2 Å². The number of aryl methyl sites for hydroxylation is 1. The first kappa shape index (κ1) is 8.73. The predicted molar refractivity (Wildman–Crippen MR) is 56.1 cm³/mol. The molecule has 3 N–H and O–H groups in total. The molecule has 1 aliphatic carbocycles. The van der Waals surface area contributed by atoms with Crippen LogP contribution in [0, 0.1) is 6.92 Å². The van der Waals surface area contributed by atoms with Crippen LogP contribution in [-0.2, 0) is 5.54 Å². The molecule has 0 spiro atoms. The maximum Gasteiger partial charge on any atom is 0.152 e. The van der Waals surface area contributed by atoms with Gasteiger partial charge >= 0.3 is 0 Å². The van der Waals surface area contributed by atoms with Crippen LogP contribution in [0.2, 0.25) is 0 Å². The first-order chi connectivity index (χ1) is 7.17. The van der Waals surface area contributed by atoms with Gasteiger partial charge in [-0.05, 0) is 31.9 Å². The van der Waals surface area contributed by atoms with Crippen LogP contribution in [0.15, 0.2) is 22.7 Å². The molecule has 4 nitrogen and oxygen atoms in total. The van der Waals surface area contributed by atoms with Crippen molar-refractivity contribution in [3.8, 4) is 11.5 Å². The molecule has 2 aromatic heterocycles. The van der Waals surface area contributed by atoms with Gasteiger partial charge in [0.2, 0.25) is 0 Å². The Hall–Kier alpha value is -1.55. The number of hydrogen-bond donors (Lipinski definition) is 2. The number of hydrogen-bond acceptors (Lipinski definition) is 3. The minimum absolute atomic E-state index is 0.208. The van der Waals surface area contributed by atoms with Crippen molar-refractivity contribution >= 4 is 0 Å². The Labute approximate surface area is 87.5 Å². The van der Waals surface area contributed by atoms with E-state index < -0.39 is 0 Å². The van der Waals surface area contributed by atoms with Gasteiger partial charge in [0.05, 0.1) is 11.7 Å². The Kier molecular flexibility index (Phi) is 1.59. The molecule has 0 atom stereocenters. The quantitative estimate of drug-likeness (QED) is 0.783. The lowest BCUT2D eigenvalue weighted by atomic mass is 10.3. The van der Waals surface area contributed by atoms with Crippen molar-refractivity contribution in [1.29, 1.82) is 0 Å². The zero-order chi connectivity index (χ0) is 10.5. The highest BCUT2D eigenvalue weighted by molar-refractivity contribution is 5.51. The average Bonchev–Trinajstić information content (AvgIpc) is 2.72. The van der Waals surface area contributed by atoms with Crippen LogP contribution < -0.4 is 5.73 Å². The minimum Gasteiger partial charge on any atom is -0.460 e. The highest BCUT2D eigenvalue weighted by atomic mass is 16.3. The van der Waals surface area contributed by atoms with Crippen molar-refractivity contribution in [2.45, 2.75) is 25.3 Å². The van der Waals surface area contributed by atoms with E-state index in [1.807, 2.05) is 19.1 Å². The number of rotatable bonds is 2. The summed E-state index contributed by atoms with van der Waals surface area (Å²) in [5.74, 6) is 2.58.